The fraction of sp³-hybridized carbons (Fsp3) is 0.750. The van der Waals surface area contributed by atoms with Gasteiger partial charge in [-0.2, -0.15) is 0 Å². The van der Waals surface area contributed by atoms with Gasteiger partial charge >= 0.3 is 0 Å². The highest BCUT2D eigenvalue weighted by Crippen LogP contribution is 1.98. The SMILES string of the molecule is C=C[Si](C)OC(C)OCCC. The molecule has 0 aliphatic heterocycles. The monoisotopic (exact) mass is 173 g/mol. The molecule has 1 atom stereocenters. The summed E-state index contributed by atoms with van der Waals surface area (Å²) in [5, 5.41) is 0. The number of ether oxygens (including phenoxy) is 1. The molecule has 0 heterocycles. The van der Waals surface area contributed by atoms with Crippen LogP contribution in [0.5, 0.6) is 0 Å². The molecular formula is C8H17O2Si. The highest BCUT2D eigenvalue weighted by Gasteiger charge is 2.06. The van der Waals surface area contributed by atoms with Gasteiger partial charge in [-0.1, -0.05) is 12.6 Å². The first-order valence-electron chi connectivity index (χ1n) is 3.95. The van der Waals surface area contributed by atoms with Crippen molar-refractivity contribution in [3.63, 3.8) is 0 Å². The maximum atomic E-state index is 5.46. The molecule has 0 aliphatic rings. The number of rotatable bonds is 6. The van der Waals surface area contributed by atoms with E-state index in [1.807, 2.05) is 19.2 Å². The molecular weight excluding hydrogens is 156 g/mol. The number of hydrogen-bond acceptors (Lipinski definition) is 2. The van der Waals surface area contributed by atoms with Gasteiger partial charge in [0.2, 0.25) is 9.04 Å². The lowest BCUT2D eigenvalue weighted by molar-refractivity contribution is -0.0674. The Morgan fingerprint density at radius 1 is 1.64 bits per heavy atom. The van der Waals surface area contributed by atoms with Gasteiger partial charge in [0.15, 0.2) is 0 Å². The van der Waals surface area contributed by atoms with Crippen LogP contribution in [0.15, 0.2) is 12.3 Å². The highest BCUT2D eigenvalue weighted by molar-refractivity contribution is 6.55. The second-order valence-electron chi connectivity index (χ2n) is 2.37. The molecule has 0 bridgehead atoms. The van der Waals surface area contributed by atoms with E-state index in [1.165, 1.54) is 0 Å². The summed E-state index contributed by atoms with van der Waals surface area (Å²) in [6, 6.07) is 0. The minimum atomic E-state index is -0.819. The molecule has 11 heavy (non-hydrogen) atoms. The van der Waals surface area contributed by atoms with Gasteiger partial charge < -0.3 is 9.16 Å². The molecule has 0 saturated carbocycles. The van der Waals surface area contributed by atoms with Crippen LogP contribution in [0.3, 0.4) is 0 Å². The van der Waals surface area contributed by atoms with E-state index in [-0.39, 0.29) is 6.29 Å². The maximum absolute atomic E-state index is 5.46. The van der Waals surface area contributed by atoms with Crippen LogP contribution >= 0.6 is 0 Å². The second kappa shape index (κ2) is 6.58. The molecule has 0 spiro atoms. The Bertz CT molecular complexity index is 106. The summed E-state index contributed by atoms with van der Waals surface area (Å²) >= 11 is 0. The highest BCUT2D eigenvalue weighted by atomic mass is 28.3. The third-order valence-corrected chi connectivity index (χ3v) is 2.47. The van der Waals surface area contributed by atoms with Crippen LogP contribution in [0.4, 0.5) is 0 Å². The lowest BCUT2D eigenvalue weighted by Gasteiger charge is -2.15. The average Bonchev–Trinajstić information content (AvgIpc) is 2.00. The van der Waals surface area contributed by atoms with Crippen molar-refractivity contribution >= 4 is 9.04 Å². The Morgan fingerprint density at radius 3 is 2.73 bits per heavy atom. The zero-order valence-corrected chi connectivity index (χ0v) is 8.59. The van der Waals surface area contributed by atoms with E-state index in [0.717, 1.165) is 13.0 Å². The van der Waals surface area contributed by atoms with E-state index in [2.05, 4.69) is 13.5 Å². The van der Waals surface area contributed by atoms with Crippen molar-refractivity contribution < 1.29 is 9.16 Å². The van der Waals surface area contributed by atoms with Crippen molar-refractivity contribution in [3.8, 4) is 0 Å². The summed E-state index contributed by atoms with van der Waals surface area (Å²) in [6.45, 7) is 10.5. The maximum Gasteiger partial charge on any atom is 0.238 e. The molecule has 0 aliphatic carbocycles. The molecule has 1 radical (unpaired) electrons. The van der Waals surface area contributed by atoms with E-state index in [9.17, 15) is 0 Å². The van der Waals surface area contributed by atoms with Crippen molar-refractivity contribution in [2.45, 2.75) is 33.1 Å². The summed E-state index contributed by atoms with van der Waals surface area (Å²) in [7, 11) is -0.819. The third-order valence-electron chi connectivity index (χ3n) is 1.20. The molecule has 0 fully saturated rings. The molecule has 0 amide bonds. The van der Waals surface area contributed by atoms with Crippen LogP contribution in [0, 0.1) is 0 Å². The second-order valence-corrected chi connectivity index (χ2v) is 4.24. The smallest absolute Gasteiger partial charge is 0.238 e. The van der Waals surface area contributed by atoms with Gasteiger partial charge in [-0.05, 0) is 19.9 Å². The molecule has 0 aromatic carbocycles. The van der Waals surface area contributed by atoms with E-state index < -0.39 is 9.04 Å². The molecule has 65 valence electrons. The van der Waals surface area contributed by atoms with Crippen LogP contribution in [0.1, 0.15) is 20.3 Å². The van der Waals surface area contributed by atoms with Crippen LogP contribution < -0.4 is 0 Å². The lowest BCUT2D eigenvalue weighted by atomic mass is 10.5. The van der Waals surface area contributed by atoms with Gasteiger partial charge in [0.05, 0.1) is 0 Å². The topological polar surface area (TPSA) is 18.5 Å². The van der Waals surface area contributed by atoms with Crippen LogP contribution in [0.25, 0.3) is 0 Å². The van der Waals surface area contributed by atoms with E-state index in [4.69, 9.17) is 9.16 Å². The molecule has 1 unspecified atom stereocenters. The van der Waals surface area contributed by atoms with Crippen molar-refractivity contribution in [2.75, 3.05) is 6.61 Å². The molecule has 2 nitrogen and oxygen atoms in total. The molecule has 0 aromatic heterocycles. The lowest BCUT2D eigenvalue weighted by Crippen LogP contribution is -2.21. The Kier molecular flexibility index (Phi) is 6.50. The Hall–Kier alpha value is -0.123. The summed E-state index contributed by atoms with van der Waals surface area (Å²) in [5.41, 5.74) is 1.86. The summed E-state index contributed by atoms with van der Waals surface area (Å²) in [4.78, 5) is 0. The standard InChI is InChI=1S/C8H17O2Si/c1-5-7-9-8(3)10-11(4)6-2/h6,8H,2,5,7H2,1,3-4H3. The first-order chi connectivity index (χ1) is 5.20. The van der Waals surface area contributed by atoms with Crippen molar-refractivity contribution in [1.29, 1.82) is 0 Å². The van der Waals surface area contributed by atoms with E-state index in [0.29, 0.717) is 0 Å². The Balaban J connectivity index is 3.34. The van der Waals surface area contributed by atoms with Gasteiger partial charge in [0.1, 0.15) is 6.29 Å². The molecule has 0 rings (SSSR count). The fourth-order valence-corrected chi connectivity index (χ4v) is 1.32. The predicted octanol–water partition coefficient (Wildman–Crippen LogP) is 2.12. The van der Waals surface area contributed by atoms with Gasteiger partial charge in [0.25, 0.3) is 0 Å². The van der Waals surface area contributed by atoms with Crippen LogP contribution in [-0.2, 0) is 9.16 Å². The van der Waals surface area contributed by atoms with Crippen LogP contribution in [0.2, 0.25) is 6.55 Å². The fourth-order valence-electron chi connectivity index (χ4n) is 0.628. The average molecular weight is 173 g/mol. The predicted molar refractivity (Wildman–Crippen MR) is 48.6 cm³/mol. The summed E-state index contributed by atoms with van der Waals surface area (Å²) in [6.07, 6.45) is 0.958. The molecule has 0 aromatic rings. The van der Waals surface area contributed by atoms with Crippen molar-refractivity contribution in [1.82, 2.24) is 0 Å². The largest absolute Gasteiger partial charge is 0.388 e. The molecule has 0 N–H and O–H groups in total. The summed E-state index contributed by atoms with van der Waals surface area (Å²) < 4.78 is 10.8. The van der Waals surface area contributed by atoms with Crippen molar-refractivity contribution in [2.24, 2.45) is 0 Å². The third kappa shape index (κ3) is 6.28. The first-order valence-corrected chi connectivity index (χ1v) is 5.93. The number of hydrogen-bond donors (Lipinski definition) is 0. The zero-order valence-electron chi connectivity index (χ0n) is 7.59. The Labute approximate surface area is 70.9 Å². The molecule has 3 heteroatoms. The zero-order chi connectivity index (χ0) is 8.69. The van der Waals surface area contributed by atoms with Gasteiger partial charge in [-0.25, -0.2) is 0 Å². The normalized spacial score (nSPS) is 13.5. The quantitative estimate of drug-likeness (QED) is 0.452. The van der Waals surface area contributed by atoms with Crippen LogP contribution in [-0.4, -0.2) is 21.9 Å². The first kappa shape index (κ1) is 10.9. The summed E-state index contributed by atoms with van der Waals surface area (Å²) in [5.74, 6) is 0. The molecule has 0 saturated heterocycles. The Morgan fingerprint density at radius 2 is 2.27 bits per heavy atom. The van der Waals surface area contributed by atoms with Gasteiger partial charge in [-0.15, -0.1) is 6.58 Å². The van der Waals surface area contributed by atoms with E-state index >= 15 is 0 Å². The van der Waals surface area contributed by atoms with E-state index in [1.54, 1.807) is 0 Å². The minimum absolute atomic E-state index is 0.0770. The minimum Gasteiger partial charge on any atom is -0.388 e. The van der Waals surface area contributed by atoms with Gasteiger partial charge in [-0.3, -0.25) is 0 Å². The van der Waals surface area contributed by atoms with Crippen molar-refractivity contribution in [3.05, 3.63) is 12.3 Å². The van der Waals surface area contributed by atoms with Gasteiger partial charge in [0, 0.05) is 6.61 Å².